The Morgan fingerprint density at radius 2 is 1.89 bits per heavy atom. The fourth-order valence-electron chi connectivity index (χ4n) is 2.14. The van der Waals surface area contributed by atoms with E-state index in [1.807, 2.05) is 18.2 Å². The lowest BCUT2D eigenvalue weighted by atomic mass is 10.0. The van der Waals surface area contributed by atoms with E-state index >= 15 is 0 Å². The molecular weight excluding hydrogens is 276 g/mol. The average molecular weight is 287 g/mol. The van der Waals surface area contributed by atoms with Gasteiger partial charge in [-0.25, -0.2) is 0 Å². The van der Waals surface area contributed by atoms with Crippen molar-refractivity contribution in [3.05, 3.63) is 59.1 Å². The molecule has 0 N–H and O–H groups in total. The number of hydrogen-bond acceptors (Lipinski definition) is 2. The molecule has 1 aromatic heterocycles. The summed E-state index contributed by atoms with van der Waals surface area (Å²) in [6, 6.07) is 15.7. The number of hydrogen-bond donors (Lipinski definition) is 0. The van der Waals surface area contributed by atoms with Crippen molar-refractivity contribution in [2.24, 2.45) is 0 Å². The monoisotopic (exact) mass is 286 g/mol. The number of Topliss-reactive ketones (excluding diaryl/α,β-unsaturated/α-hetero) is 1. The molecule has 1 heterocycles. The molecule has 0 saturated carbocycles. The first-order chi connectivity index (χ1) is 9.15. The largest absolute Gasteiger partial charge is 0.294 e. The Kier molecular flexibility index (Phi) is 3.13. The Morgan fingerprint density at radius 1 is 1.11 bits per heavy atom. The number of carbonyl (C=O) groups is 1. The lowest BCUT2D eigenvalue weighted by molar-refractivity contribution is 0.101. The average Bonchev–Trinajstić information content (AvgIpc) is 2.81. The van der Waals surface area contributed by atoms with Gasteiger partial charge in [0.2, 0.25) is 0 Å². The maximum atomic E-state index is 11.7. The van der Waals surface area contributed by atoms with Gasteiger partial charge in [-0.2, -0.15) is 0 Å². The Bertz CT molecular complexity index is 740. The van der Waals surface area contributed by atoms with Gasteiger partial charge in [0.15, 0.2) is 5.78 Å². The first kappa shape index (κ1) is 12.4. The maximum absolute atomic E-state index is 11.7. The van der Waals surface area contributed by atoms with Crippen molar-refractivity contribution in [1.29, 1.82) is 0 Å². The van der Waals surface area contributed by atoms with Crippen molar-refractivity contribution in [2.75, 3.05) is 0 Å². The molecule has 3 aromatic rings. The normalized spacial score (nSPS) is 10.8. The molecule has 2 aromatic carbocycles. The van der Waals surface area contributed by atoms with Crippen LogP contribution in [0.25, 0.3) is 20.5 Å². The van der Waals surface area contributed by atoms with Crippen LogP contribution in [0.5, 0.6) is 0 Å². The van der Waals surface area contributed by atoms with Gasteiger partial charge in [-0.05, 0) is 42.6 Å². The molecule has 94 valence electrons. The van der Waals surface area contributed by atoms with E-state index in [1.165, 1.54) is 10.1 Å². The molecule has 1 nitrogen and oxygen atoms in total. The molecule has 0 saturated heterocycles. The summed E-state index contributed by atoms with van der Waals surface area (Å²) in [6.07, 6.45) is 0. The smallest absolute Gasteiger partial charge is 0.160 e. The summed E-state index contributed by atoms with van der Waals surface area (Å²) in [5, 5.41) is 1.84. The van der Waals surface area contributed by atoms with Crippen molar-refractivity contribution in [2.45, 2.75) is 6.92 Å². The summed E-state index contributed by atoms with van der Waals surface area (Å²) in [4.78, 5) is 12.8. The number of benzene rings is 2. The molecule has 0 radical (unpaired) electrons. The zero-order valence-electron chi connectivity index (χ0n) is 10.3. The molecule has 0 unspecified atom stereocenters. The predicted octanol–water partition coefficient (Wildman–Crippen LogP) is 5.42. The van der Waals surface area contributed by atoms with Crippen LogP contribution in [0.3, 0.4) is 0 Å². The van der Waals surface area contributed by atoms with Gasteiger partial charge in [-0.3, -0.25) is 4.79 Å². The Hall–Kier alpha value is -1.64. The highest BCUT2D eigenvalue weighted by Gasteiger charge is 2.12. The van der Waals surface area contributed by atoms with Crippen molar-refractivity contribution >= 4 is 38.8 Å². The van der Waals surface area contributed by atoms with Crippen LogP contribution in [0.15, 0.2) is 48.5 Å². The van der Waals surface area contributed by atoms with Gasteiger partial charge in [0.25, 0.3) is 0 Å². The first-order valence-electron chi connectivity index (χ1n) is 5.94. The molecule has 19 heavy (non-hydrogen) atoms. The third-order valence-corrected chi connectivity index (χ3v) is 4.44. The zero-order chi connectivity index (χ0) is 13.4. The van der Waals surface area contributed by atoms with E-state index in [2.05, 4.69) is 18.2 Å². The first-order valence-corrected chi connectivity index (χ1v) is 7.14. The number of thiophene rings is 1. The molecule has 0 atom stereocenters. The van der Waals surface area contributed by atoms with Gasteiger partial charge in [0.05, 0.1) is 0 Å². The van der Waals surface area contributed by atoms with Gasteiger partial charge in [-0.1, -0.05) is 29.8 Å². The minimum atomic E-state index is 0.0594. The van der Waals surface area contributed by atoms with Crippen LogP contribution in [0.2, 0.25) is 5.02 Å². The molecular formula is C16H11ClOS. The third kappa shape index (κ3) is 2.29. The van der Waals surface area contributed by atoms with E-state index in [0.29, 0.717) is 5.02 Å². The second-order valence-electron chi connectivity index (χ2n) is 4.39. The van der Waals surface area contributed by atoms with Crippen LogP contribution in [0, 0.1) is 0 Å². The van der Waals surface area contributed by atoms with Gasteiger partial charge < -0.3 is 0 Å². The van der Waals surface area contributed by atoms with Crippen LogP contribution in [-0.2, 0) is 0 Å². The van der Waals surface area contributed by atoms with E-state index in [4.69, 9.17) is 11.6 Å². The number of fused-ring (bicyclic) bond motifs is 1. The summed E-state index contributed by atoms with van der Waals surface area (Å²) in [5.74, 6) is 0.0594. The van der Waals surface area contributed by atoms with Crippen molar-refractivity contribution in [1.82, 2.24) is 0 Å². The molecule has 0 amide bonds. The van der Waals surface area contributed by atoms with Crippen LogP contribution >= 0.6 is 22.9 Å². The van der Waals surface area contributed by atoms with E-state index in [-0.39, 0.29) is 5.78 Å². The summed E-state index contributed by atoms with van der Waals surface area (Å²) in [6.45, 7) is 1.58. The molecule has 0 aliphatic heterocycles. The molecule has 0 bridgehead atoms. The third-order valence-electron chi connectivity index (χ3n) is 3.05. The SMILES string of the molecule is CC(=O)c1ccc(Cl)cc1-c1cc2ccccc2s1. The standard InChI is InChI=1S/C16H11ClOS/c1-10(18)13-7-6-12(17)9-14(13)16-8-11-4-2-3-5-15(11)19-16/h2-9H,1H3. The van der Waals surface area contributed by atoms with E-state index in [0.717, 1.165) is 16.0 Å². The fraction of sp³-hybridized carbons (Fsp3) is 0.0625. The number of rotatable bonds is 2. The maximum Gasteiger partial charge on any atom is 0.160 e. The molecule has 3 rings (SSSR count). The predicted molar refractivity (Wildman–Crippen MR) is 82.3 cm³/mol. The molecule has 0 aliphatic carbocycles. The van der Waals surface area contributed by atoms with E-state index < -0.39 is 0 Å². The molecule has 0 aliphatic rings. The van der Waals surface area contributed by atoms with Crippen LogP contribution in [0.4, 0.5) is 0 Å². The van der Waals surface area contributed by atoms with E-state index in [9.17, 15) is 4.79 Å². The van der Waals surface area contributed by atoms with Gasteiger partial charge >= 0.3 is 0 Å². The van der Waals surface area contributed by atoms with Crippen molar-refractivity contribution in [3.63, 3.8) is 0 Å². The van der Waals surface area contributed by atoms with Crippen LogP contribution < -0.4 is 0 Å². The summed E-state index contributed by atoms with van der Waals surface area (Å²) in [7, 11) is 0. The quantitative estimate of drug-likeness (QED) is 0.575. The van der Waals surface area contributed by atoms with Crippen molar-refractivity contribution in [3.8, 4) is 10.4 Å². The zero-order valence-corrected chi connectivity index (χ0v) is 11.9. The summed E-state index contributed by atoms with van der Waals surface area (Å²) >= 11 is 7.74. The lowest BCUT2D eigenvalue weighted by Crippen LogP contribution is -1.94. The Labute approximate surface area is 120 Å². The minimum Gasteiger partial charge on any atom is -0.294 e. The van der Waals surface area contributed by atoms with Crippen LogP contribution in [-0.4, -0.2) is 5.78 Å². The molecule has 3 heteroatoms. The highest BCUT2D eigenvalue weighted by Crippen LogP contribution is 2.36. The Balaban J connectivity index is 2.25. The molecule has 0 spiro atoms. The van der Waals surface area contributed by atoms with Crippen LogP contribution in [0.1, 0.15) is 17.3 Å². The van der Waals surface area contributed by atoms with Gasteiger partial charge in [-0.15, -0.1) is 11.3 Å². The van der Waals surface area contributed by atoms with E-state index in [1.54, 1.807) is 30.4 Å². The topological polar surface area (TPSA) is 17.1 Å². The summed E-state index contributed by atoms with van der Waals surface area (Å²) in [5.41, 5.74) is 1.64. The van der Waals surface area contributed by atoms with Crippen molar-refractivity contribution < 1.29 is 4.79 Å². The van der Waals surface area contributed by atoms with Gasteiger partial charge in [0, 0.05) is 25.7 Å². The molecule has 0 fully saturated rings. The highest BCUT2D eigenvalue weighted by molar-refractivity contribution is 7.22. The second-order valence-corrected chi connectivity index (χ2v) is 5.91. The lowest BCUT2D eigenvalue weighted by Gasteiger charge is -2.05. The second kappa shape index (κ2) is 4.80. The fourth-order valence-corrected chi connectivity index (χ4v) is 3.41. The summed E-state index contributed by atoms with van der Waals surface area (Å²) < 4.78 is 1.21. The number of halogens is 1. The number of carbonyl (C=O) groups excluding carboxylic acids is 1. The van der Waals surface area contributed by atoms with Gasteiger partial charge in [0.1, 0.15) is 0 Å². The highest BCUT2D eigenvalue weighted by atomic mass is 35.5. The number of ketones is 1. The minimum absolute atomic E-state index is 0.0594. The Morgan fingerprint density at radius 3 is 2.63 bits per heavy atom.